The lowest BCUT2D eigenvalue weighted by molar-refractivity contribution is -0.113. The lowest BCUT2D eigenvalue weighted by Crippen LogP contribution is -2.17. The van der Waals surface area contributed by atoms with Gasteiger partial charge in [-0.25, -0.2) is 12.8 Å². The summed E-state index contributed by atoms with van der Waals surface area (Å²) >= 11 is 1.36. The number of halogens is 1. The van der Waals surface area contributed by atoms with Crippen molar-refractivity contribution >= 4 is 33.2 Å². The maximum absolute atomic E-state index is 12.9. The second kappa shape index (κ2) is 6.13. The van der Waals surface area contributed by atoms with Gasteiger partial charge in [-0.15, -0.1) is 11.8 Å². The van der Waals surface area contributed by atoms with Gasteiger partial charge in [-0.05, 0) is 37.1 Å². The zero-order valence-electron chi connectivity index (χ0n) is 11.1. The van der Waals surface area contributed by atoms with Crippen LogP contribution in [0.1, 0.15) is 12.0 Å². The van der Waals surface area contributed by atoms with Crippen LogP contribution < -0.4 is 5.32 Å². The number of sulfone groups is 1. The molecule has 2 rings (SSSR count). The molecule has 0 aromatic heterocycles. The second-order valence-corrected chi connectivity index (χ2v) is 8.36. The topological polar surface area (TPSA) is 63.2 Å². The van der Waals surface area contributed by atoms with Crippen molar-refractivity contribution < 1.29 is 17.6 Å². The van der Waals surface area contributed by atoms with Gasteiger partial charge in [-0.1, -0.05) is 0 Å². The van der Waals surface area contributed by atoms with Gasteiger partial charge >= 0.3 is 0 Å². The molecule has 0 unspecified atom stereocenters. The van der Waals surface area contributed by atoms with Crippen LogP contribution in [-0.4, -0.2) is 36.8 Å². The first-order chi connectivity index (χ1) is 9.35. The molecule has 1 saturated heterocycles. The molecule has 0 saturated carbocycles. The Morgan fingerprint density at radius 1 is 1.50 bits per heavy atom. The minimum atomic E-state index is -2.91. The minimum Gasteiger partial charge on any atom is -0.325 e. The Morgan fingerprint density at radius 2 is 2.25 bits per heavy atom. The number of aryl methyl sites for hydroxylation is 1. The van der Waals surface area contributed by atoms with Crippen LogP contribution in [-0.2, 0) is 14.6 Å². The molecule has 1 fully saturated rings. The Balaban J connectivity index is 1.84. The number of carbonyl (C=O) groups is 1. The van der Waals surface area contributed by atoms with E-state index in [1.54, 1.807) is 6.92 Å². The van der Waals surface area contributed by atoms with Crippen LogP contribution in [0.4, 0.5) is 10.1 Å². The highest BCUT2D eigenvalue weighted by Gasteiger charge is 2.28. The Bertz CT molecular complexity index is 616. The van der Waals surface area contributed by atoms with Crippen LogP contribution in [0.2, 0.25) is 0 Å². The predicted molar refractivity (Wildman–Crippen MR) is 79.3 cm³/mol. The molecule has 1 aromatic rings. The fraction of sp³-hybridized carbons (Fsp3) is 0.462. The maximum Gasteiger partial charge on any atom is 0.234 e. The number of hydrogen-bond acceptors (Lipinski definition) is 4. The summed E-state index contributed by atoms with van der Waals surface area (Å²) < 4.78 is 35.5. The van der Waals surface area contributed by atoms with Crippen molar-refractivity contribution in [1.82, 2.24) is 0 Å². The molecular weight excluding hydrogens is 301 g/mol. The summed E-state index contributed by atoms with van der Waals surface area (Å²) in [5.74, 6) is 0.0287. The lowest BCUT2D eigenvalue weighted by atomic mass is 10.2. The third-order valence-corrected chi connectivity index (χ3v) is 6.38. The van der Waals surface area contributed by atoms with E-state index in [2.05, 4.69) is 5.32 Å². The normalized spacial score (nSPS) is 20.8. The van der Waals surface area contributed by atoms with E-state index in [1.165, 1.54) is 30.0 Å². The summed E-state index contributed by atoms with van der Waals surface area (Å²) in [6.07, 6.45) is 0.607. The van der Waals surface area contributed by atoms with Gasteiger partial charge in [0.25, 0.3) is 0 Å². The molecule has 1 aliphatic rings. The van der Waals surface area contributed by atoms with Crippen molar-refractivity contribution in [2.75, 3.05) is 22.6 Å². The zero-order valence-corrected chi connectivity index (χ0v) is 12.7. The van der Waals surface area contributed by atoms with Crippen molar-refractivity contribution in [1.29, 1.82) is 0 Å². The van der Waals surface area contributed by atoms with E-state index in [0.717, 1.165) is 0 Å². The number of nitrogens with one attached hydrogen (secondary N) is 1. The largest absolute Gasteiger partial charge is 0.325 e. The molecule has 0 aliphatic carbocycles. The molecule has 20 heavy (non-hydrogen) atoms. The number of carbonyl (C=O) groups excluding carboxylic acids is 1. The molecule has 1 amide bonds. The SMILES string of the molecule is Cc1cc(F)ccc1NC(=O)CS[C@@H]1CCS(=O)(=O)C1. The molecule has 1 heterocycles. The molecule has 0 radical (unpaired) electrons. The van der Waals surface area contributed by atoms with Gasteiger partial charge in [0.2, 0.25) is 5.91 Å². The first-order valence-corrected chi connectivity index (χ1v) is 9.11. The van der Waals surface area contributed by atoms with Gasteiger partial charge in [-0.3, -0.25) is 4.79 Å². The van der Waals surface area contributed by atoms with Crippen LogP contribution in [0.5, 0.6) is 0 Å². The van der Waals surface area contributed by atoms with E-state index >= 15 is 0 Å². The fourth-order valence-electron chi connectivity index (χ4n) is 2.04. The summed E-state index contributed by atoms with van der Waals surface area (Å²) in [6.45, 7) is 1.72. The first-order valence-electron chi connectivity index (χ1n) is 6.24. The molecule has 110 valence electrons. The quantitative estimate of drug-likeness (QED) is 0.922. The van der Waals surface area contributed by atoms with Crippen molar-refractivity contribution in [2.45, 2.75) is 18.6 Å². The summed E-state index contributed by atoms with van der Waals surface area (Å²) in [4.78, 5) is 11.8. The predicted octanol–water partition coefficient (Wildman–Crippen LogP) is 1.99. The van der Waals surface area contributed by atoms with Crippen LogP contribution in [0.3, 0.4) is 0 Å². The zero-order chi connectivity index (χ0) is 14.8. The number of benzene rings is 1. The molecule has 1 atom stereocenters. The first kappa shape index (κ1) is 15.3. The average Bonchev–Trinajstić information content (AvgIpc) is 2.70. The number of anilines is 1. The van der Waals surface area contributed by atoms with E-state index in [4.69, 9.17) is 0 Å². The Labute approximate surface area is 122 Å². The summed E-state index contributed by atoms with van der Waals surface area (Å²) in [6, 6.07) is 4.17. The Morgan fingerprint density at radius 3 is 2.85 bits per heavy atom. The summed E-state index contributed by atoms with van der Waals surface area (Å²) in [7, 11) is -2.91. The van der Waals surface area contributed by atoms with Gasteiger partial charge in [-0.2, -0.15) is 0 Å². The van der Waals surface area contributed by atoms with Gasteiger partial charge in [0.05, 0.1) is 17.3 Å². The van der Waals surface area contributed by atoms with Crippen molar-refractivity contribution in [3.63, 3.8) is 0 Å². The number of hydrogen-bond donors (Lipinski definition) is 1. The van der Waals surface area contributed by atoms with E-state index < -0.39 is 9.84 Å². The average molecular weight is 317 g/mol. The molecule has 1 aliphatic heterocycles. The van der Waals surface area contributed by atoms with E-state index in [1.807, 2.05) is 0 Å². The molecule has 7 heteroatoms. The number of rotatable bonds is 4. The van der Waals surface area contributed by atoms with E-state index in [9.17, 15) is 17.6 Å². The van der Waals surface area contributed by atoms with E-state index in [-0.39, 0.29) is 34.2 Å². The van der Waals surface area contributed by atoms with Gasteiger partial charge in [0, 0.05) is 10.9 Å². The minimum absolute atomic E-state index is 0.0000599. The molecule has 1 aromatic carbocycles. The van der Waals surface area contributed by atoms with Crippen LogP contribution in [0.25, 0.3) is 0 Å². The molecule has 0 spiro atoms. The van der Waals surface area contributed by atoms with Gasteiger partial charge in [0.1, 0.15) is 5.82 Å². The molecule has 0 bridgehead atoms. The highest BCUT2D eigenvalue weighted by atomic mass is 32.2. The third-order valence-electron chi connectivity index (χ3n) is 3.10. The number of amides is 1. The van der Waals surface area contributed by atoms with Crippen molar-refractivity contribution in [2.24, 2.45) is 0 Å². The van der Waals surface area contributed by atoms with Crippen LogP contribution >= 0.6 is 11.8 Å². The van der Waals surface area contributed by atoms with Gasteiger partial charge in [0.15, 0.2) is 9.84 Å². The third kappa shape index (κ3) is 4.21. The van der Waals surface area contributed by atoms with Crippen molar-refractivity contribution in [3.8, 4) is 0 Å². The Kier molecular flexibility index (Phi) is 4.70. The Hall–Kier alpha value is -1.08. The maximum atomic E-state index is 12.9. The molecule has 1 N–H and O–H groups in total. The highest BCUT2D eigenvalue weighted by Crippen LogP contribution is 2.24. The second-order valence-electron chi connectivity index (χ2n) is 4.84. The van der Waals surface area contributed by atoms with E-state index in [0.29, 0.717) is 17.7 Å². The standard InChI is InChI=1S/C13H16FNO3S2/c1-9-6-10(14)2-3-12(9)15-13(16)7-19-11-4-5-20(17,18)8-11/h2-3,6,11H,4-5,7-8H2,1H3,(H,15,16)/t11-/m1/s1. The fourth-order valence-corrected chi connectivity index (χ4v) is 5.48. The number of thioether (sulfide) groups is 1. The molecule has 4 nitrogen and oxygen atoms in total. The monoisotopic (exact) mass is 317 g/mol. The lowest BCUT2D eigenvalue weighted by Gasteiger charge is -2.10. The molecular formula is C13H16FNO3S2. The van der Waals surface area contributed by atoms with Crippen LogP contribution in [0, 0.1) is 12.7 Å². The van der Waals surface area contributed by atoms with Crippen LogP contribution in [0.15, 0.2) is 18.2 Å². The van der Waals surface area contributed by atoms with Gasteiger partial charge < -0.3 is 5.32 Å². The summed E-state index contributed by atoms with van der Waals surface area (Å²) in [5, 5.41) is 2.71. The highest BCUT2D eigenvalue weighted by molar-refractivity contribution is 8.02. The summed E-state index contributed by atoms with van der Waals surface area (Å²) in [5.41, 5.74) is 1.24. The van der Waals surface area contributed by atoms with Crippen molar-refractivity contribution in [3.05, 3.63) is 29.6 Å². The smallest absolute Gasteiger partial charge is 0.234 e.